The number of sulfonamides is 1. The minimum Gasteiger partial charge on any atom is -0.455 e. The van der Waals surface area contributed by atoms with Gasteiger partial charge in [0.25, 0.3) is 5.69 Å². The van der Waals surface area contributed by atoms with Gasteiger partial charge >= 0.3 is 0 Å². The first kappa shape index (κ1) is 19.3. The third-order valence-electron chi connectivity index (χ3n) is 3.81. The number of aryl methyl sites for hydroxylation is 1. The molecule has 0 aliphatic heterocycles. The zero-order chi connectivity index (χ0) is 20.3. The van der Waals surface area contributed by atoms with Crippen LogP contribution in [0, 0.1) is 17.0 Å². The maximum absolute atomic E-state index is 11.3. The second-order valence-electron chi connectivity index (χ2n) is 5.92. The molecular weight excluding hydrogens is 384 g/mol. The predicted octanol–water partition coefficient (Wildman–Crippen LogP) is 3.26. The van der Waals surface area contributed by atoms with E-state index in [1.807, 2.05) is 0 Å². The normalized spacial score (nSPS) is 11.6. The van der Waals surface area contributed by atoms with Crippen molar-refractivity contribution in [1.82, 2.24) is 0 Å². The van der Waals surface area contributed by atoms with E-state index < -0.39 is 14.9 Å². The van der Waals surface area contributed by atoms with Crippen LogP contribution in [0.2, 0.25) is 0 Å². The van der Waals surface area contributed by atoms with E-state index in [9.17, 15) is 18.5 Å². The van der Waals surface area contributed by atoms with Crippen molar-refractivity contribution < 1.29 is 17.8 Å². The van der Waals surface area contributed by atoms with E-state index in [2.05, 4.69) is 10.5 Å². The number of nitro benzene ring substituents is 1. The van der Waals surface area contributed by atoms with Crippen LogP contribution < -0.4 is 10.6 Å². The fourth-order valence-electron chi connectivity index (χ4n) is 2.46. The molecule has 1 heterocycles. The van der Waals surface area contributed by atoms with E-state index >= 15 is 0 Å². The molecule has 0 bridgehead atoms. The molecule has 9 nitrogen and oxygen atoms in total. The van der Waals surface area contributed by atoms with Crippen LogP contribution in [-0.2, 0) is 10.0 Å². The van der Waals surface area contributed by atoms with Gasteiger partial charge in [-0.15, -0.1) is 0 Å². The van der Waals surface area contributed by atoms with Gasteiger partial charge in [0.2, 0.25) is 10.0 Å². The Morgan fingerprint density at radius 3 is 2.50 bits per heavy atom. The highest BCUT2D eigenvalue weighted by molar-refractivity contribution is 7.89. The number of furan rings is 1. The number of nitrogens with two attached hydrogens (primary N) is 1. The van der Waals surface area contributed by atoms with Crippen LogP contribution >= 0.6 is 0 Å². The number of rotatable bonds is 6. The summed E-state index contributed by atoms with van der Waals surface area (Å²) in [6.45, 7) is 1.78. The molecule has 1 aromatic heterocycles. The van der Waals surface area contributed by atoms with Gasteiger partial charge in [0.1, 0.15) is 11.5 Å². The summed E-state index contributed by atoms with van der Waals surface area (Å²) in [6, 6.07) is 13.9. The summed E-state index contributed by atoms with van der Waals surface area (Å²) in [5, 5.41) is 20.3. The number of anilines is 1. The van der Waals surface area contributed by atoms with Crippen molar-refractivity contribution in [3.8, 4) is 11.3 Å². The van der Waals surface area contributed by atoms with Gasteiger partial charge in [0, 0.05) is 6.07 Å². The molecular formula is C18H16N4O5S. The second-order valence-corrected chi connectivity index (χ2v) is 7.48. The van der Waals surface area contributed by atoms with E-state index in [0.717, 1.165) is 5.56 Å². The lowest BCUT2D eigenvalue weighted by Crippen LogP contribution is -2.11. The highest BCUT2D eigenvalue weighted by Crippen LogP contribution is 2.31. The number of hydrogen-bond donors (Lipinski definition) is 2. The monoisotopic (exact) mass is 400 g/mol. The molecule has 0 unspecified atom stereocenters. The van der Waals surface area contributed by atoms with Crippen LogP contribution in [0.25, 0.3) is 11.3 Å². The number of primary sulfonamides is 1. The molecule has 0 aliphatic carbocycles. The van der Waals surface area contributed by atoms with Gasteiger partial charge in [-0.1, -0.05) is 6.07 Å². The van der Waals surface area contributed by atoms with E-state index in [0.29, 0.717) is 22.8 Å². The summed E-state index contributed by atoms with van der Waals surface area (Å²) in [7, 11) is -3.75. The Labute approximate surface area is 160 Å². The Morgan fingerprint density at radius 1 is 1.14 bits per heavy atom. The van der Waals surface area contributed by atoms with Crippen molar-refractivity contribution in [2.45, 2.75) is 11.8 Å². The number of hydrazone groups is 1. The molecule has 28 heavy (non-hydrogen) atoms. The summed E-state index contributed by atoms with van der Waals surface area (Å²) >= 11 is 0. The van der Waals surface area contributed by atoms with Crippen molar-refractivity contribution in [3.05, 3.63) is 76.0 Å². The Kier molecular flexibility index (Phi) is 5.25. The standard InChI is InChI=1S/C18H16N4O5S/c1-12-2-8-16(17(10-12)22(23)24)18-9-5-14(27-18)11-20-21-13-3-6-15(7-4-13)28(19,25)26/h2-11,21H,1H3,(H2,19,25,26)/b20-11-. The van der Waals surface area contributed by atoms with Crippen LogP contribution in [0.15, 0.2) is 69.0 Å². The lowest BCUT2D eigenvalue weighted by atomic mass is 10.1. The van der Waals surface area contributed by atoms with Crippen LogP contribution in [0.5, 0.6) is 0 Å². The maximum atomic E-state index is 11.3. The highest BCUT2D eigenvalue weighted by Gasteiger charge is 2.18. The van der Waals surface area contributed by atoms with E-state index in [1.165, 1.54) is 36.5 Å². The van der Waals surface area contributed by atoms with Gasteiger partial charge in [-0.3, -0.25) is 15.5 Å². The van der Waals surface area contributed by atoms with Gasteiger partial charge in [0.15, 0.2) is 0 Å². The van der Waals surface area contributed by atoms with Crippen molar-refractivity contribution in [2.24, 2.45) is 10.2 Å². The molecule has 3 rings (SSSR count). The van der Waals surface area contributed by atoms with Crippen LogP contribution in [0.1, 0.15) is 11.3 Å². The summed E-state index contributed by atoms with van der Waals surface area (Å²) in [5.41, 5.74) is 4.39. The SMILES string of the molecule is Cc1ccc(-c2ccc(/C=N\Nc3ccc(S(N)(=O)=O)cc3)o2)c([N+](=O)[O-])c1. The number of nitrogens with zero attached hydrogens (tertiary/aromatic N) is 2. The average molecular weight is 400 g/mol. The average Bonchev–Trinajstić information content (AvgIpc) is 3.10. The molecule has 0 atom stereocenters. The summed E-state index contributed by atoms with van der Waals surface area (Å²) < 4.78 is 28.1. The molecule has 0 spiro atoms. The van der Waals surface area contributed by atoms with Gasteiger partial charge in [-0.05, 0) is 55.0 Å². The number of hydrogen-bond acceptors (Lipinski definition) is 7. The van der Waals surface area contributed by atoms with Gasteiger partial charge in [-0.25, -0.2) is 13.6 Å². The first-order valence-corrected chi connectivity index (χ1v) is 9.56. The predicted molar refractivity (Wildman–Crippen MR) is 105 cm³/mol. The van der Waals surface area contributed by atoms with E-state index in [4.69, 9.17) is 9.56 Å². The number of nitrogens with one attached hydrogen (secondary N) is 1. The maximum Gasteiger partial charge on any atom is 0.280 e. The molecule has 2 aromatic carbocycles. The van der Waals surface area contributed by atoms with Crippen LogP contribution in [0.3, 0.4) is 0 Å². The third-order valence-corrected chi connectivity index (χ3v) is 4.74. The third kappa shape index (κ3) is 4.42. The van der Waals surface area contributed by atoms with E-state index in [1.54, 1.807) is 31.2 Å². The van der Waals surface area contributed by atoms with Crippen molar-refractivity contribution in [2.75, 3.05) is 5.43 Å². The lowest BCUT2D eigenvalue weighted by molar-refractivity contribution is -0.384. The number of nitro groups is 1. The number of benzene rings is 2. The fourth-order valence-corrected chi connectivity index (χ4v) is 2.97. The molecule has 0 saturated heterocycles. The van der Waals surface area contributed by atoms with Crippen molar-refractivity contribution in [3.63, 3.8) is 0 Å². The summed E-state index contributed by atoms with van der Waals surface area (Å²) in [4.78, 5) is 10.8. The smallest absolute Gasteiger partial charge is 0.280 e. The Hall–Kier alpha value is -3.50. The first-order chi connectivity index (χ1) is 13.2. The summed E-state index contributed by atoms with van der Waals surface area (Å²) in [5.74, 6) is 0.740. The largest absolute Gasteiger partial charge is 0.455 e. The molecule has 0 fully saturated rings. The molecule has 0 saturated carbocycles. The summed E-state index contributed by atoms with van der Waals surface area (Å²) in [6.07, 6.45) is 1.40. The topological polar surface area (TPSA) is 141 Å². The minimum atomic E-state index is -3.75. The molecule has 144 valence electrons. The molecule has 0 radical (unpaired) electrons. The van der Waals surface area contributed by atoms with Gasteiger partial charge in [0.05, 0.1) is 27.3 Å². The molecule has 3 aromatic rings. The zero-order valence-corrected chi connectivity index (χ0v) is 15.5. The highest BCUT2D eigenvalue weighted by atomic mass is 32.2. The van der Waals surface area contributed by atoms with Gasteiger partial charge in [-0.2, -0.15) is 5.10 Å². The lowest BCUT2D eigenvalue weighted by Gasteiger charge is -2.02. The Morgan fingerprint density at radius 2 is 1.86 bits per heavy atom. The Balaban J connectivity index is 1.74. The van der Waals surface area contributed by atoms with Gasteiger partial charge < -0.3 is 4.42 Å². The van der Waals surface area contributed by atoms with Crippen LogP contribution in [-0.4, -0.2) is 19.6 Å². The minimum absolute atomic E-state index is 0.00241. The molecule has 3 N–H and O–H groups in total. The van der Waals surface area contributed by atoms with Crippen LogP contribution in [0.4, 0.5) is 11.4 Å². The second kappa shape index (κ2) is 7.62. The molecule has 0 aliphatic rings. The quantitative estimate of drug-likeness (QED) is 0.370. The fraction of sp³-hybridized carbons (Fsp3) is 0.0556. The van der Waals surface area contributed by atoms with Crippen molar-refractivity contribution >= 4 is 27.6 Å². The Bertz CT molecular complexity index is 1150. The zero-order valence-electron chi connectivity index (χ0n) is 14.7. The van der Waals surface area contributed by atoms with E-state index in [-0.39, 0.29) is 10.6 Å². The van der Waals surface area contributed by atoms with Crippen molar-refractivity contribution in [1.29, 1.82) is 0 Å². The molecule has 10 heteroatoms. The first-order valence-electron chi connectivity index (χ1n) is 8.01. The molecule has 0 amide bonds.